The van der Waals surface area contributed by atoms with E-state index < -0.39 is 27.0 Å². The number of furan rings is 1. The van der Waals surface area contributed by atoms with Gasteiger partial charge in [0.2, 0.25) is 10.0 Å². The van der Waals surface area contributed by atoms with Crippen molar-refractivity contribution < 1.29 is 30.7 Å². The highest BCUT2D eigenvalue weighted by molar-refractivity contribution is 7.98. The summed E-state index contributed by atoms with van der Waals surface area (Å²) in [6.45, 7) is 0.0636. The summed E-state index contributed by atoms with van der Waals surface area (Å²) in [7, 11) is -4.11. The molecule has 0 saturated heterocycles. The molecule has 0 atom stereocenters. The fourth-order valence-corrected chi connectivity index (χ4v) is 3.82. The average molecular weight is 381 g/mol. The Labute approximate surface area is 141 Å². The van der Waals surface area contributed by atoms with E-state index in [1.54, 1.807) is 12.1 Å². The average Bonchev–Trinajstić information content (AvgIpc) is 2.99. The van der Waals surface area contributed by atoms with Crippen LogP contribution in [-0.4, -0.2) is 27.1 Å². The second-order valence-corrected chi connectivity index (χ2v) is 7.36. The van der Waals surface area contributed by atoms with E-state index in [1.165, 1.54) is 30.2 Å². The van der Waals surface area contributed by atoms with Crippen molar-refractivity contribution in [1.29, 1.82) is 0 Å². The van der Waals surface area contributed by atoms with Crippen molar-refractivity contribution in [2.45, 2.75) is 17.0 Å². The van der Waals surface area contributed by atoms with Crippen molar-refractivity contribution in [3.05, 3.63) is 48.4 Å². The molecule has 0 saturated carbocycles. The zero-order valence-electron chi connectivity index (χ0n) is 12.2. The summed E-state index contributed by atoms with van der Waals surface area (Å²) in [6, 6.07) is 8.13. The van der Waals surface area contributed by atoms with Crippen molar-refractivity contribution in [3.8, 4) is 5.75 Å². The molecule has 0 spiro atoms. The number of halogens is 3. The predicted molar refractivity (Wildman–Crippen MR) is 83.2 cm³/mol. The number of hydrogen-bond acceptors (Lipinski definition) is 5. The first-order valence-corrected chi connectivity index (χ1v) is 9.36. The lowest BCUT2D eigenvalue weighted by atomic mass is 10.3. The molecule has 0 aliphatic heterocycles. The van der Waals surface area contributed by atoms with Crippen LogP contribution in [0.3, 0.4) is 0 Å². The van der Waals surface area contributed by atoms with Crippen LogP contribution in [0.2, 0.25) is 0 Å². The minimum atomic E-state index is -4.97. The van der Waals surface area contributed by atoms with Crippen LogP contribution in [0.25, 0.3) is 0 Å². The highest BCUT2D eigenvalue weighted by atomic mass is 32.2. The molecular formula is C14H14F3NO4S2. The van der Waals surface area contributed by atoms with Gasteiger partial charge in [0.1, 0.15) is 16.4 Å². The number of benzene rings is 1. The summed E-state index contributed by atoms with van der Waals surface area (Å²) < 4.78 is 72.5. The molecule has 0 radical (unpaired) electrons. The number of nitrogens with one attached hydrogen (secondary N) is 1. The van der Waals surface area contributed by atoms with Crippen molar-refractivity contribution >= 4 is 21.8 Å². The Bertz CT molecular complexity index is 746. The first-order valence-electron chi connectivity index (χ1n) is 6.72. The molecule has 0 bridgehead atoms. The van der Waals surface area contributed by atoms with Crippen LogP contribution in [0.1, 0.15) is 5.76 Å². The van der Waals surface area contributed by atoms with Crippen molar-refractivity contribution in [1.82, 2.24) is 4.72 Å². The van der Waals surface area contributed by atoms with Crippen LogP contribution in [0.15, 0.2) is 52.0 Å². The molecule has 132 valence electrons. The van der Waals surface area contributed by atoms with Gasteiger partial charge in [-0.05, 0) is 24.3 Å². The molecular weight excluding hydrogens is 367 g/mol. The normalized spacial score (nSPS) is 12.3. The lowest BCUT2D eigenvalue weighted by molar-refractivity contribution is -0.275. The van der Waals surface area contributed by atoms with Gasteiger partial charge in [0, 0.05) is 12.3 Å². The van der Waals surface area contributed by atoms with E-state index in [-0.39, 0.29) is 6.54 Å². The van der Waals surface area contributed by atoms with E-state index in [0.29, 0.717) is 11.5 Å². The van der Waals surface area contributed by atoms with Gasteiger partial charge in [-0.25, -0.2) is 13.1 Å². The third-order valence-corrected chi connectivity index (χ3v) is 5.21. The molecule has 2 aromatic rings. The third-order valence-electron chi connectivity index (χ3n) is 2.73. The van der Waals surface area contributed by atoms with E-state index in [1.807, 2.05) is 0 Å². The zero-order valence-corrected chi connectivity index (χ0v) is 13.9. The van der Waals surface area contributed by atoms with E-state index >= 15 is 0 Å². The van der Waals surface area contributed by atoms with Crippen LogP contribution in [0, 0.1) is 0 Å². The number of ether oxygens (including phenoxy) is 1. The number of para-hydroxylation sites is 1. The van der Waals surface area contributed by atoms with Gasteiger partial charge in [0.15, 0.2) is 0 Å². The maximum absolute atomic E-state index is 12.3. The molecule has 0 fully saturated rings. The standard InChI is InChI=1S/C14H14F3NO4S2/c15-14(16,17)22-12-5-1-2-6-13(12)24(19,20)18-7-9-23-10-11-4-3-8-21-11/h1-6,8,18H,7,9-10H2. The Morgan fingerprint density at radius 2 is 1.92 bits per heavy atom. The van der Waals surface area contributed by atoms with Gasteiger partial charge in [-0.3, -0.25) is 0 Å². The molecule has 10 heteroatoms. The first kappa shape index (κ1) is 18.7. The molecule has 1 N–H and O–H groups in total. The van der Waals surface area contributed by atoms with E-state index in [9.17, 15) is 21.6 Å². The first-order chi connectivity index (χ1) is 11.3. The summed E-state index contributed by atoms with van der Waals surface area (Å²) >= 11 is 1.43. The molecule has 5 nitrogen and oxygen atoms in total. The Balaban J connectivity index is 1.92. The highest BCUT2D eigenvalue weighted by Gasteiger charge is 2.33. The van der Waals surface area contributed by atoms with Gasteiger partial charge >= 0.3 is 6.36 Å². The number of sulfonamides is 1. The highest BCUT2D eigenvalue weighted by Crippen LogP contribution is 2.29. The van der Waals surface area contributed by atoms with Gasteiger partial charge in [-0.15, -0.1) is 13.2 Å². The maximum atomic E-state index is 12.3. The summed E-state index contributed by atoms with van der Waals surface area (Å²) in [5.74, 6) is 0.998. The van der Waals surface area contributed by atoms with Gasteiger partial charge in [0.05, 0.1) is 12.0 Å². The lowest BCUT2D eigenvalue weighted by Crippen LogP contribution is -2.27. The molecule has 0 aliphatic carbocycles. The van der Waals surface area contributed by atoms with Gasteiger partial charge < -0.3 is 9.15 Å². The summed E-state index contributed by atoms with van der Waals surface area (Å²) in [5.41, 5.74) is 0. The minimum Gasteiger partial charge on any atom is -0.468 e. The molecule has 24 heavy (non-hydrogen) atoms. The molecule has 0 unspecified atom stereocenters. The minimum absolute atomic E-state index is 0.0636. The lowest BCUT2D eigenvalue weighted by Gasteiger charge is -2.13. The van der Waals surface area contributed by atoms with Crippen LogP contribution >= 0.6 is 11.8 Å². The van der Waals surface area contributed by atoms with Crippen LogP contribution < -0.4 is 9.46 Å². The Kier molecular flexibility index (Phi) is 6.19. The number of hydrogen-bond donors (Lipinski definition) is 1. The van der Waals surface area contributed by atoms with Crippen LogP contribution in [0.5, 0.6) is 5.75 Å². The largest absolute Gasteiger partial charge is 0.573 e. The Morgan fingerprint density at radius 3 is 2.58 bits per heavy atom. The molecule has 1 aromatic carbocycles. The van der Waals surface area contributed by atoms with Crippen molar-refractivity contribution in [3.63, 3.8) is 0 Å². The smallest absolute Gasteiger partial charge is 0.468 e. The quantitative estimate of drug-likeness (QED) is 0.710. The summed E-state index contributed by atoms with van der Waals surface area (Å²) in [6.07, 6.45) is -3.43. The number of alkyl halides is 3. The SMILES string of the molecule is O=S(=O)(NCCSCc1ccco1)c1ccccc1OC(F)(F)F. The molecule has 1 aromatic heterocycles. The number of rotatable bonds is 8. The fourth-order valence-electron chi connectivity index (χ4n) is 1.77. The van der Waals surface area contributed by atoms with E-state index in [2.05, 4.69) is 9.46 Å². The third kappa shape index (κ3) is 5.77. The summed E-state index contributed by atoms with van der Waals surface area (Å²) in [5, 5.41) is 0. The second-order valence-electron chi connectivity index (χ2n) is 4.52. The van der Waals surface area contributed by atoms with Crippen molar-refractivity contribution in [2.75, 3.05) is 12.3 Å². The van der Waals surface area contributed by atoms with E-state index in [4.69, 9.17) is 4.42 Å². The van der Waals surface area contributed by atoms with Crippen LogP contribution in [0.4, 0.5) is 13.2 Å². The topological polar surface area (TPSA) is 68.5 Å². The van der Waals surface area contributed by atoms with Crippen LogP contribution in [-0.2, 0) is 15.8 Å². The monoisotopic (exact) mass is 381 g/mol. The van der Waals surface area contributed by atoms with Gasteiger partial charge in [-0.2, -0.15) is 11.8 Å². The Morgan fingerprint density at radius 1 is 1.17 bits per heavy atom. The molecule has 0 aliphatic rings. The van der Waals surface area contributed by atoms with Gasteiger partial charge in [-0.1, -0.05) is 12.1 Å². The predicted octanol–water partition coefficient (Wildman–Crippen LogP) is 3.39. The fraction of sp³-hybridized carbons (Fsp3) is 0.286. The Hall–Kier alpha value is -1.65. The molecule has 1 heterocycles. The second kappa shape index (κ2) is 7.95. The zero-order chi connectivity index (χ0) is 17.6. The summed E-state index contributed by atoms with van der Waals surface area (Å²) in [4.78, 5) is -0.557. The molecule has 2 rings (SSSR count). The van der Waals surface area contributed by atoms with Gasteiger partial charge in [0.25, 0.3) is 0 Å². The maximum Gasteiger partial charge on any atom is 0.573 e. The van der Waals surface area contributed by atoms with Crippen molar-refractivity contribution in [2.24, 2.45) is 0 Å². The van der Waals surface area contributed by atoms with E-state index in [0.717, 1.165) is 17.9 Å². The number of thioether (sulfide) groups is 1. The molecule has 0 amide bonds.